The average Bonchev–Trinajstić information content (AvgIpc) is 2.66. The Morgan fingerprint density at radius 3 is 2.35 bits per heavy atom. The molecular formula is C18H18N4O3S. The van der Waals surface area contributed by atoms with E-state index in [1.807, 2.05) is 18.2 Å². The van der Waals surface area contributed by atoms with Crippen molar-refractivity contribution in [1.29, 1.82) is 0 Å². The fourth-order valence-corrected chi connectivity index (χ4v) is 3.16. The number of carbonyl (C=O) groups excluding carboxylic acids is 1. The summed E-state index contributed by atoms with van der Waals surface area (Å²) in [7, 11) is -1.92. The van der Waals surface area contributed by atoms with Crippen molar-refractivity contribution < 1.29 is 13.2 Å². The third-order valence-electron chi connectivity index (χ3n) is 3.82. The van der Waals surface area contributed by atoms with Gasteiger partial charge in [0.2, 0.25) is 10.0 Å². The quantitative estimate of drug-likeness (QED) is 0.686. The summed E-state index contributed by atoms with van der Waals surface area (Å²) in [6.45, 7) is 0.312. The van der Waals surface area contributed by atoms with Crippen LogP contribution in [0, 0.1) is 0 Å². The van der Waals surface area contributed by atoms with Crippen LogP contribution in [0.4, 0.5) is 0 Å². The van der Waals surface area contributed by atoms with E-state index in [0.717, 1.165) is 11.1 Å². The third-order valence-corrected chi connectivity index (χ3v) is 5.16. The van der Waals surface area contributed by atoms with Crippen LogP contribution in [0.2, 0.25) is 0 Å². The normalized spacial score (nSPS) is 11.4. The van der Waals surface area contributed by atoms with Gasteiger partial charge in [0.05, 0.1) is 23.0 Å². The number of nitrogens with one attached hydrogen (secondary N) is 2. The number of rotatable bonds is 6. The summed E-state index contributed by atoms with van der Waals surface area (Å²) in [6.07, 6.45) is 1.45. The molecule has 0 aliphatic carbocycles. The first-order chi connectivity index (χ1) is 12.5. The first-order valence-corrected chi connectivity index (χ1v) is 9.61. The molecule has 1 heterocycles. The zero-order valence-corrected chi connectivity index (χ0v) is 15.0. The maximum atomic E-state index is 12.3. The van der Waals surface area contributed by atoms with Gasteiger partial charge in [0.1, 0.15) is 5.69 Å². The van der Waals surface area contributed by atoms with Gasteiger partial charge in [-0.1, -0.05) is 36.4 Å². The Hall–Kier alpha value is -2.84. The molecule has 0 bridgehead atoms. The molecule has 3 aromatic rings. The average molecular weight is 370 g/mol. The van der Waals surface area contributed by atoms with Crippen molar-refractivity contribution in [3.8, 4) is 0 Å². The van der Waals surface area contributed by atoms with Gasteiger partial charge in [0, 0.05) is 6.54 Å². The highest BCUT2D eigenvalue weighted by Gasteiger charge is 2.10. The lowest BCUT2D eigenvalue weighted by Gasteiger charge is -2.07. The number of sulfonamides is 1. The number of aromatic nitrogens is 2. The number of para-hydroxylation sites is 2. The highest BCUT2D eigenvalue weighted by molar-refractivity contribution is 7.88. The summed E-state index contributed by atoms with van der Waals surface area (Å²) in [6, 6.07) is 14.4. The van der Waals surface area contributed by atoms with E-state index in [4.69, 9.17) is 0 Å². The second kappa shape index (κ2) is 7.59. The number of fused-ring (bicyclic) bond motifs is 1. The molecule has 0 radical (unpaired) electrons. The van der Waals surface area contributed by atoms with Crippen LogP contribution in [-0.4, -0.2) is 31.3 Å². The molecule has 0 aliphatic heterocycles. The number of hydrogen-bond acceptors (Lipinski definition) is 5. The number of hydrogen-bond donors (Lipinski definition) is 2. The van der Waals surface area contributed by atoms with Gasteiger partial charge in [0.15, 0.2) is 0 Å². The van der Waals surface area contributed by atoms with Gasteiger partial charge in [-0.3, -0.25) is 9.78 Å². The zero-order valence-electron chi connectivity index (χ0n) is 14.1. The van der Waals surface area contributed by atoms with Crippen molar-refractivity contribution in [2.45, 2.75) is 12.3 Å². The predicted molar refractivity (Wildman–Crippen MR) is 98.8 cm³/mol. The number of carbonyl (C=O) groups is 1. The molecule has 8 heteroatoms. The van der Waals surface area contributed by atoms with Gasteiger partial charge in [-0.2, -0.15) is 0 Å². The summed E-state index contributed by atoms with van der Waals surface area (Å²) in [5, 5.41) is 2.79. The molecule has 0 saturated heterocycles. The zero-order chi connectivity index (χ0) is 18.6. The Bertz CT molecular complexity index is 1030. The topological polar surface area (TPSA) is 101 Å². The molecule has 26 heavy (non-hydrogen) atoms. The second-order valence-corrected chi connectivity index (χ2v) is 7.63. The molecule has 1 amide bonds. The number of benzene rings is 2. The van der Waals surface area contributed by atoms with E-state index in [0.29, 0.717) is 17.6 Å². The molecule has 0 unspecified atom stereocenters. The fourth-order valence-electron chi connectivity index (χ4n) is 2.38. The lowest BCUT2D eigenvalue weighted by Crippen LogP contribution is -2.24. The van der Waals surface area contributed by atoms with Gasteiger partial charge >= 0.3 is 0 Å². The third kappa shape index (κ3) is 4.41. The molecule has 2 aromatic carbocycles. The van der Waals surface area contributed by atoms with E-state index in [1.54, 1.807) is 30.3 Å². The lowest BCUT2D eigenvalue weighted by atomic mass is 10.1. The monoisotopic (exact) mass is 370 g/mol. The maximum Gasteiger partial charge on any atom is 0.271 e. The molecule has 1 aromatic heterocycles. The Labute approximate surface area is 151 Å². The first kappa shape index (κ1) is 18.0. The molecule has 134 valence electrons. The summed E-state index contributed by atoms with van der Waals surface area (Å²) in [4.78, 5) is 20.8. The fraction of sp³-hybridized carbons (Fsp3) is 0.167. The molecule has 0 spiro atoms. The summed E-state index contributed by atoms with van der Waals surface area (Å²) < 4.78 is 25.4. The van der Waals surface area contributed by atoms with Gasteiger partial charge in [-0.05, 0) is 30.3 Å². The van der Waals surface area contributed by atoms with Crippen molar-refractivity contribution in [3.63, 3.8) is 0 Å². The number of nitrogens with zero attached hydrogens (tertiary/aromatic N) is 2. The van der Waals surface area contributed by atoms with Gasteiger partial charge in [0.25, 0.3) is 5.91 Å². The van der Waals surface area contributed by atoms with Crippen LogP contribution in [0.3, 0.4) is 0 Å². The van der Waals surface area contributed by atoms with Crippen molar-refractivity contribution in [2.75, 3.05) is 7.05 Å². The summed E-state index contributed by atoms with van der Waals surface area (Å²) in [5.74, 6) is -0.395. The van der Waals surface area contributed by atoms with Gasteiger partial charge < -0.3 is 5.32 Å². The highest BCUT2D eigenvalue weighted by atomic mass is 32.2. The van der Waals surface area contributed by atoms with Crippen molar-refractivity contribution in [1.82, 2.24) is 20.0 Å². The number of amides is 1. The minimum absolute atomic E-state index is 0.0805. The standard InChI is InChI=1S/C18H18N4O3S/c1-19-26(24,25)12-14-8-6-13(7-9-14)10-21-18(23)17-11-20-15-4-2-3-5-16(15)22-17/h2-9,11,19H,10,12H2,1H3,(H,21,23). The molecule has 7 nitrogen and oxygen atoms in total. The Morgan fingerprint density at radius 1 is 1.00 bits per heavy atom. The van der Waals surface area contributed by atoms with Crippen molar-refractivity contribution in [3.05, 3.63) is 71.5 Å². The minimum atomic E-state index is -3.30. The Morgan fingerprint density at radius 2 is 1.65 bits per heavy atom. The van der Waals surface area contributed by atoms with Gasteiger partial charge in [-0.25, -0.2) is 18.1 Å². The van der Waals surface area contributed by atoms with Crippen LogP contribution in [0.15, 0.2) is 54.7 Å². The molecule has 3 rings (SSSR count). The molecular weight excluding hydrogens is 352 g/mol. The van der Waals surface area contributed by atoms with E-state index < -0.39 is 10.0 Å². The van der Waals surface area contributed by atoms with Crippen molar-refractivity contribution in [2.24, 2.45) is 0 Å². The predicted octanol–water partition coefficient (Wildman–Crippen LogP) is 1.61. The van der Waals surface area contributed by atoms with E-state index in [9.17, 15) is 13.2 Å². The first-order valence-electron chi connectivity index (χ1n) is 7.96. The van der Waals surface area contributed by atoms with Crippen LogP contribution >= 0.6 is 0 Å². The minimum Gasteiger partial charge on any atom is -0.347 e. The smallest absolute Gasteiger partial charge is 0.271 e. The Balaban J connectivity index is 1.63. The van der Waals surface area contributed by atoms with E-state index in [2.05, 4.69) is 20.0 Å². The van der Waals surface area contributed by atoms with E-state index in [1.165, 1.54) is 13.2 Å². The summed E-state index contributed by atoms with van der Waals surface area (Å²) in [5.41, 5.74) is 3.18. The molecule has 0 aliphatic rings. The lowest BCUT2D eigenvalue weighted by molar-refractivity contribution is 0.0946. The van der Waals surface area contributed by atoms with E-state index >= 15 is 0 Å². The van der Waals surface area contributed by atoms with Crippen LogP contribution in [0.1, 0.15) is 21.6 Å². The maximum absolute atomic E-state index is 12.3. The molecule has 0 atom stereocenters. The molecule has 2 N–H and O–H groups in total. The second-order valence-electron chi connectivity index (χ2n) is 5.71. The van der Waals surface area contributed by atoms with Crippen LogP contribution in [0.25, 0.3) is 11.0 Å². The van der Waals surface area contributed by atoms with Gasteiger partial charge in [-0.15, -0.1) is 0 Å². The van der Waals surface area contributed by atoms with Crippen molar-refractivity contribution >= 4 is 27.0 Å². The van der Waals surface area contributed by atoms with E-state index in [-0.39, 0.29) is 17.4 Å². The molecule has 0 saturated carbocycles. The summed E-state index contributed by atoms with van der Waals surface area (Å²) >= 11 is 0. The highest BCUT2D eigenvalue weighted by Crippen LogP contribution is 2.10. The Kier molecular flexibility index (Phi) is 5.24. The van der Waals surface area contributed by atoms with Crippen LogP contribution < -0.4 is 10.0 Å². The largest absolute Gasteiger partial charge is 0.347 e. The van der Waals surface area contributed by atoms with Crippen LogP contribution in [0.5, 0.6) is 0 Å². The molecule has 0 fully saturated rings. The SMILES string of the molecule is CNS(=O)(=O)Cc1ccc(CNC(=O)c2cnc3ccccc3n2)cc1. The van der Waals surface area contributed by atoms with Crippen LogP contribution in [-0.2, 0) is 22.3 Å².